The number of hydrogen-bond donors (Lipinski definition) is 2. The normalized spacial score (nSPS) is 20.4. The van der Waals surface area contributed by atoms with Gasteiger partial charge in [0.2, 0.25) is 0 Å². The Balaban J connectivity index is 2.06. The number of nitrogens with zero attached hydrogens (tertiary/aromatic N) is 2. The first kappa shape index (κ1) is 10.3. The van der Waals surface area contributed by atoms with Crippen LogP contribution in [0.3, 0.4) is 0 Å². The van der Waals surface area contributed by atoms with Crippen LogP contribution in [0.4, 0.5) is 5.69 Å². The predicted molar refractivity (Wildman–Crippen MR) is 64.5 cm³/mol. The Morgan fingerprint density at radius 3 is 3.12 bits per heavy atom. The summed E-state index contributed by atoms with van der Waals surface area (Å²) in [6, 6.07) is 1.81. The molecule has 1 aliphatic heterocycles. The number of anilines is 1. The molecule has 1 atom stereocenters. The molecule has 0 unspecified atom stereocenters. The van der Waals surface area contributed by atoms with Gasteiger partial charge in [0.15, 0.2) is 0 Å². The highest BCUT2D eigenvalue weighted by molar-refractivity contribution is 6.38. The van der Waals surface area contributed by atoms with E-state index in [1.165, 1.54) is 4.90 Å². The molecule has 0 saturated carbocycles. The molecule has 3 heterocycles. The molecule has 5 nitrogen and oxygen atoms in total. The molecule has 1 saturated heterocycles. The van der Waals surface area contributed by atoms with Crippen LogP contribution >= 0.6 is 0 Å². The predicted octanol–water partition coefficient (Wildman–Crippen LogP) is -0.546. The Bertz CT molecular complexity index is 595. The Kier molecular flexibility index (Phi) is 2.19. The van der Waals surface area contributed by atoms with Crippen molar-refractivity contribution in [3.63, 3.8) is 0 Å². The minimum Gasteiger partial charge on any atom is -0.383 e. The number of fused-ring (bicyclic) bond motifs is 1. The van der Waals surface area contributed by atoms with Crippen molar-refractivity contribution in [3.8, 4) is 0 Å². The van der Waals surface area contributed by atoms with Crippen LogP contribution in [0.15, 0.2) is 18.5 Å². The molecule has 2 N–H and O–H groups in total. The zero-order valence-corrected chi connectivity index (χ0v) is 9.05. The highest BCUT2D eigenvalue weighted by atomic mass is 16.3. The Morgan fingerprint density at radius 2 is 2.41 bits per heavy atom. The van der Waals surface area contributed by atoms with Crippen molar-refractivity contribution in [3.05, 3.63) is 18.5 Å². The summed E-state index contributed by atoms with van der Waals surface area (Å²) in [6.45, 7) is 0.511. The average molecular weight is 227 g/mol. The summed E-state index contributed by atoms with van der Waals surface area (Å²) in [7, 11) is 5.78. The third-order valence-electron chi connectivity index (χ3n) is 3.04. The second kappa shape index (κ2) is 3.60. The molecule has 2 radical (unpaired) electrons. The quantitative estimate of drug-likeness (QED) is 0.642. The first-order valence-electron chi connectivity index (χ1n) is 5.39. The lowest BCUT2D eigenvalue weighted by molar-refractivity contribution is -0.123. The van der Waals surface area contributed by atoms with E-state index in [1.54, 1.807) is 12.4 Å². The van der Waals surface area contributed by atoms with Crippen molar-refractivity contribution >= 4 is 35.9 Å². The molecule has 2 aromatic rings. The third kappa shape index (κ3) is 1.52. The van der Waals surface area contributed by atoms with Crippen LogP contribution in [0, 0.1) is 0 Å². The molecule has 0 spiro atoms. The van der Waals surface area contributed by atoms with Crippen molar-refractivity contribution in [1.29, 1.82) is 0 Å². The molecule has 1 fully saturated rings. The summed E-state index contributed by atoms with van der Waals surface area (Å²) in [5.74, 6) is -0.278. The summed E-state index contributed by atoms with van der Waals surface area (Å²) in [6.07, 6.45) is 2.84. The van der Waals surface area contributed by atoms with E-state index >= 15 is 0 Å². The minimum absolute atomic E-state index is 0.278. The van der Waals surface area contributed by atoms with Gasteiger partial charge in [-0.3, -0.25) is 4.79 Å². The minimum atomic E-state index is -0.894. The van der Waals surface area contributed by atoms with E-state index in [1.807, 2.05) is 6.07 Å². The van der Waals surface area contributed by atoms with Gasteiger partial charge in [-0.25, -0.2) is 4.98 Å². The molecule has 84 valence electrons. The van der Waals surface area contributed by atoms with Crippen molar-refractivity contribution in [2.75, 3.05) is 11.4 Å². The molecule has 17 heavy (non-hydrogen) atoms. The van der Waals surface area contributed by atoms with Gasteiger partial charge in [-0.05, 0) is 12.3 Å². The number of H-pyrrole nitrogens is 1. The van der Waals surface area contributed by atoms with Crippen molar-refractivity contribution in [1.82, 2.24) is 9.97 Å². The van der Waals surface area contributed by atoms with Gasteiger partial charge in [-0.15, -0.1) is 0 Å². The maximum Gasteiger partial charge on any atom is 0.255 e. The summed E-state index contributed by atoms with van der Waals surface area (Å²) >= 11 is 0. The number of aliphatic hydroxyl groups excluding tert-OH is 1. The van der Waals surface area contributed by atoms with Crippen LogP contribution in [-0.4, -0.2) is 41.5 Å². The summed E-state index contributed by atoms with van der Waals surface area (Å²) in [4.78, 5) is 20.3. The number of nitrogens with one attached hydrogen (secondary N) is 1. The monoisotopic (exact) mass is 227 g/mol. The number of carbonyl (C=O) groups excluding carboxylic acids is 1. The van der Waals surface area contributed by atoms with Gasteiger partial charge in [0.1, 0.15) is 19.6 Å². The Hall–Kier alpha value is -1.82. The smallest absolute Gasteiger partial charge is 0.255 e. The zero-order chi connectivity index (χ0) is 12.0. The molecule has 0 bridgehead atoms. The summed E-state index contributed by atoms with van der Waals surface area (Å²) in [5.41, 5.74) is 1.96. The van der Waals surface area contributed by atoms with Crippen molar-refractivity contribution in [2.45, 2.75) is 12.5 Å². The largest absolute Gasteiger partial charge is 0.383 e. The molecular formula is C11H10BN3O2. The van der Waals surface area contributed by atoms with Crippen LogP contribution in [0.25, 0.3) is 11.0 Å². The third-order valence-corrected chi connectivity index (χ3v) is 3.04. The molecule has 1 amide bonds. The standard InChI is InChI=1S/C11H10BN3O2/c12-8-5-14-10-7(8)3-6(4-13-10)15-2-1-9(16)11(15)17/h3-5,9,16H,1-2H2,(H,13,14)/t9-/m1/s1. The zero-order valence-electron chi connectivity index (χ0n) is 9.05. The number of rotatable bonds is 1. The lowest BCUT2D eigenvalue weighted by Crippen LogP contribution is -2.29. The number of hydrogen-bond acceptors (Lipinski definition) is 3. The molecule has 0 aliphatic carbocycles. The number of carbonyl (C=O) groups is 1. The van der Waals surface area contributed by atoms with Crippen LogP contribution in [0.5, 0.6) is 0 Å². The second-order valence-corrected chi connectivity index (χ2v) is 4.13. The van der Waals surface area contributed by atoms with Gasteiger partial charge in [0.25, 0.3) is 5.91 Å². The number of pyridine rings is 1. The van der Waals surface area contributed by atoms with Crippen LogP contribution < -0.4 is 10.4 Å². The topological polar surface area (TPSA) is 69.2 Å². The maximum atomic E-state index is 11.7. The Morgan fingerprint density at radius 1 is 1.59 bits per heavy atom. The fourth-order valence-electron chi connectivity index (χ4n) is 2.08. The first-order chi connectivity index (χ1) is 8.16. The highest BCUT2D eigenvalue weighted by Gasteiger charge is 2.31. The molecule has 2 aromatic heterocycles. The van der Waals surface area contributed by atoms with E-state index in [2.05, 4.69) is 9.97 Å². The highest BCUT2D eigenvalue weighted by Crippen LogP contribution is 2.23. The maximum absolute atomic E-state index is 11.7. The van der Waals surface area contributed by atoms with E-state index in [0.717, 1.165) is 5.39 Å². The fraction of sp³-hybridized carbons (Fsp3) is 0.273. The van der Waals surface area contributed by atoms with Crippen LogP contribution in [0.1, 0.15) is 6.42 Å². The van der Waals surface area contributed by atoms with Crippen LogP contribution in [0.2, 0.25) is 0 Å². The SMILES string of the molecule is [B]c1c[nH]c2ncc(N3CC[C@@H](O)C3=O)cc12. The van der Waals surface area contributed by atoms with Gasteiger partial charge in [-0.2, -0.15) is 0 Å². The van der Waals surface area contributed by atoms with Gasteiger partial charge < -0.3 is 15.0 Å². The number of amides is 1. The van der Waals surface area contributed by atoms with E-state index in [0.29, 0.717) is 29.8 Å². The van der Waals surface area contributed by atoms with E-state index in [4.69, 9.17) is 7.85 Å². The lowest BCUT2D eigenvalue weighted by atomic mass is 9.97. The van der Waals surface area contributed by atoms with Gasteiger partial charge in [-0.1, -0.05) is 5.46 Å². The molecule has 1 aliphatic rings. The number of aromatic amines is 1. The Labute approximate surface area is 98.9 Å². The number of aliphatic hydroxyl groups is 1. The summed E-state index contributed by atoms with van der Waals surface area (Å²) < 4.78 is 0. The molecule has 3 rings (SSSR count). The molecule has 6 heteroatoms. The van der Waals surface area contributed by atoms with E-state index in [9.17, 15) is 9.90 Å². The van der Waals surface area contributed by atoms with E-state index in [-0.39, 0.29) is 5.91 Å². The van der Waals surface area contributed by atoms with Crippen molar-refractivity contribution < 1.29 is 9.90 Å². The van der Waals surface area contributed by atoms with Gasteiger partial charge >= 0.3 is 0 Å². The fourth-order valence-corrected chi connectivity index (χ4v) is 2.08. The summed E-state index contributed by atoms with van der Waals surface area (Å²) in [5, 5.41) is 10.2. The number of aromatic nitrogens is 2. The van der Waals surface area contributed by atoms with Gasteiger partial charge in [0, 0.05) is 18.4 Å². The molecule has 0 aromatic carbocycles. The second-order valence-electron chi connectivity index (χ2n) is 4.13. The average Bonchev–Trinajstić information content (AvgIpc) is 2.85. The lowest BCUT2D eigenvalue weighted by Gasteiger charge is -2.15. The van der Waals surface area contributed by atoms with E-state index < -0.39 is 6.10 Å². The van der Waals surface area contributed by atoms with Crippen LogP contribution in [-0.2, 0) is 4.79 Å². The first-order valence-corrected chi connectivity index (χ1v) is 5.39. The van der Waals surface area contributed by atoms with Gasteiger partial charge in [0.05, 0.1) is 11.9 Å². The van der Waals surface area contributed by atoms with Crippen molar-refractivity contribution in [2.24, 2.45) is 0 Å². The molecular weight excluding hydrogens is 217 g/mol.